The predicted octanol–water partition coefficient (Wildman–Crippen LogP) is 3.23. The average Bonchev–Trinajstić information content (AvgIpc) is 2.36. The second-order valence-electron chi connectivity index (χ2n) is 5.23. The molecule has 106 valence electrons. The van der Waals surface area contributed by atoms with E-state index in [1.165, 1.54) is 31.4 Å². The number of nitrogens with zero attached hydrogens (tertiary/aromatic N) is 1. The molecule has 0 saturated carbocycles. The molecule has 1 atom stereocenters. The van der Waals surface area contributed by atoms with Gasteiger partial charge in [0.25, 0.3) is 0 Å². The summed E-state index contributed by atoms with van der Waals surface area (Å²) in [7, 11) is 0. The van der Waals surface area contributed by atoms with Crippen molar-refractivity contribution < 1.29 is 8.78 Å². The van der Waals surface area contributed by atoms with Crippen LogP contribution in [-0.2, 0) is 0 Å². The standard InChI is InChI=1S/C15H22F2N2/c16-13-7-6-12(10-14(13)17)15(11-18)19-8-4-2-1-3-5-9-19/h6-7,10,15H,1-5,8-9,11,18H2. The maximum Gasteiger partial charge on any atom is 0.159 e. The monoisotopic (exact) mass is 268 g/mol. The fourth-order valence-corrected chi connectivity index (χ4v) is 2.80. The van der Waals surface area contributed by atoms with Crippen molar-refractivity contribution in [2.75, 3.05) is 19.6 Å². The molecule has 1 fully saturated rings. The summed E-state index contributed by atoms with van der Waals surface area (Å²) < 4.78 is 26.4. The summed E-state index contributed by atoms with van der Waals surface area (Å²) >= 11 is 0. The van der Waals surface area contributed by atoms with E-state index in [1.807, 2.05) is 0 Å². The smallest absolute Gasteiger partial charge is 0.159 e. The Morgan fingerprint density at radius 1 is 1.00 bits per heavy atom. The Bertz CT molecular complexity index is 401. The Morgan fingerprint density at radius 2 is 1.63 bits per heavy atom. The molecule has 1 aromatic rings. The van der Waals surface area contributed by atoms with Gasteiger partial charge in [-0.05, 0) is 43.6 Å². The maximum atomic E-state index is 13.4. The highest BCUT2D eigenvalue weighted by molar-refractivity contribution is 5.21. The van der Waals surface area contributed by atoms with Crippen LogP contribution in [-0.4, -0.2) is 24.5 Å². The Morgan fingerprint density at radius 3 is 2.21 bits per heavy atom. The van der Waals surface area contributed by atoms with E-state index in [9.17, 15) is 8.78 Å². The molecule has 0 bridgehead atoms. The summed E-state index contributed by atoms with van der Waals surface area (Å²) in [5, 5.41) is 0. The van der Waals surface area contributed by atoms with Crippen LogP contribution in [0, 0.1) is 11.6 Å². The van der Waals surface area contributed by atoms with E-state index in [4.69, 9.17) is 5.73 Å². The van der Waals surface area contributed by atoms with Gasteiger partial charge in [-0.2, -0.15) is 0 Å². The summed E-state index contributed by atoms with van der Waals surface area (Å²) in [6.45, 7) is 2.41. The van der Waals surface area contributed by atoms with E-state index in [1.54, 1.807) is 6.07 Å². The molecule has 1 aromatic carbocycles. The minimum atomic E-state index is -0.799. The predicted molar refractivity (Wildman–Crippen MR) is 72.8 cm³/mol. The lowest BCUT2D eigenvalue weighted by atomic mass is 10.0. The molecular formula is C15H22F2N2. The van der Waals surface area contributed by atoms with Crippen LogP contribution in [0.2, 0.25) is 0 Å². The van der Waals surface area contributed by atoms with Gasteiger partial charge in [0, 0.05) is 12.6 Å². The van der Waals surface area contributed by atoms with Crippen LogP contribution in [0.25, 0.3) is 0 Å². The lowest BCUT2D eigenvalue weighted by Crippen LogP contribution is -2.36. The van der Waals surface area contributed by atoms with Crippen LogP contribution in [0.4, 0.5) is 8.78 Å². The quantitative estimate of drug-likeness (QED) is 0.912. The van der Waals surface area contributed by atoms with E-state index in [0.717, 1.165) is 31.5 Å². The molecule has 0 spiro atoms. The Hall–Kier alpha value is -1.00. The zero-order chi connectivity index (χ0) is 13.7. The molecule has 1 heterocycles. The summed E-state index contributed by atoms with van der Waals surface area (Å²) in [4.78, 5) is 2.31. The fraction of sp³-hybridized carbons (Fsp3) is 0.600. The molecule has 1 unspecified atom stereocenters. The van der Waals surface area contributed by atoms with Crippen molar-refractivity contribution >= 4 is 0 Å². The first-order valence-corrected chi connectivity index (χ1v) is 7.11. The number of hydrogen-bond donors (Lipinski definition) is 1. The molecule has 2 N–H and O–H groups in total. The van der Waals surface area contributed by atoms with Gasteiger partial charge in [0.05, 0.1) is 0 Å². The van der Waals surface area contributed by atoms with Crippen molar-refractivity contribution in [1.82, 2.24) is 4.90 Å². The van der Waals surface area contributed by atoms with Gasteiger partial charge in [-0.3, -0.25) is 4.90 Å². The van der Waals surface area contributed by atoms with Crippen LogP contribution in [0.15, 0.2) is 18.2 Å². The second-order valence-corrected chi connectivity index (χ2v) is 5.23. The summed E-state index contributed by atoms with van der Waals surface area (Å²) in [5.41, 5.74) is 6.64. The summed E-state index contributed by atoms with van der Waals surface area (Å²) in [6.07, 6.45) is 6.09. The van der Waals surface area contributed by atoms with Gasteiger partial charge < -0.3 is 5.73 Å². The van der Waals surface area contributed by atoms with Gasteiger partial charge in [-0.1, -0.05) is 25.3 Å². The largest absolute Gasteiger partial charge is 0.329 e. The highest BCUT2D eigenvalue weighted by Gasteiger charge is 2.20. The van der Waals surface area contributed by atoms with Crippen molar-refractivity contribution in [1.29, 1.82) is 0 Å². The number of nitrogens with two attached hydrogens (primary N) is 1. The van der Waals surface area contributed by atoms with Gasteiger partial charge >= 0.3 is 0 Å². The van der Waals surface area contributed by atoms with E-state index in [-0.39, 0.29) is 6.04 Å². The number of benzene rings is 1. The second kappa shape index (κ2) is 6.96. The molecule has 0 aromatic heterocycles. The first kappa shape index (κ1) is 14.4. The maximum absolute atomic E-state index is 13.4. The van der Waals surface area contributed by atoms with Crippen molar-refractivity contribution in [3.05, 3.63) is 35.4 Å². The summed E-state index contributed by atoms with van der Waals surface area (Å²) in [5.74, 6) is -1.59. The zero-order valence-corrected chi connectivity index (χ0v) is 11.2. The van der Waals surface area contributed by atoms with Gasteiger partial charge in [-0.25, -0.2) is 8.78 Å². The topological polar surface area (TPSA) is 29.3 Å². The van der Waals surface area contributed by atoms with Crippen molar-refractivity contribution in [2.45, 2.75) is 38.1 Å². The molecule has 19 heavy (non-hydrogen) atoms. The third kappa shape index (κ3) is 3.74. The van der Waals surface area contributed by atoms with E-state index < -0.39 is 11.6 Å². The lowest BCUT2D eigenvalue weighted by molar-refractivity contribution is 0.183. The number of hydrogen-bond acceptors (Lipinski definition) is 2. The normalized spacial score (nSPS) is 19.7. The Balaban J connectivity index is 2.14. The number of rotatable bonds is 3. The Labute approximate surface area is 113 Å². The molecule has 0 amide bonds. The van der Waals surface area contributed by atoms with Crippen LogP contribution < -0.4 is 5.73 Å². The van der Waals surface area contributed by atoms with Crippen LogP contribution in [0.1, 0.15) is 43.7 Å². The Kier molecular flexibility index (Phi) is 5.28. The van der Waals surface area contributed by atoms with Crippen LogP contribution in [0.5, 0.6) is 0 Å². The summed E-state index contributed by atoms with van der Waals surface area (Å²) in [6, 6.07) is 4.12. The van der Waals surface area contributed by atoms with Crippen molar-refractivity contribution in [3.8, 4) is 0 Å². The van der Waals surface area contributed by atoms with Crippen molar-refractivity contribution in [2.24, 2.45) is 5.73 Å². The average molecular weight is 268 g/mol. The first-order chi connectivity index (χ1) is 9.22. The molecule has 2 rings (SSSR count). The van der Waals surface area contributed by atoms with E-state index >= 15 is 0 Å². The molecular weight excluding hydrogens is 246 g/mol. The number of halogens is 2. The van der Waals surface area contributed by atoms with Crippen LogP contribution in [0.3, 0.4) is 0 Å². The highest BCUT2D eigenvalue weighted by atomic mass is 19.2. The molecule has 1 aliphatic rings. The number of likely N-dealkylation sites (tertiary alicyclic amines) is 1. The van der Waals surface area contributed by atoms with Crippen LogP contribution >= 0.6 is 0 Å². The van der Waals surface area contributed by atoms with Gasteiger partial charge in [0.2, 0.25) is 0 Å². The molecule has 4 heteroatoms. The fourth-order valence-electron chi connectivity index (χ4n) is 2.80. The van der Waals surface area contributed by atoms with Gasteiger partial charge in [-0.15, -0.1) is 0 Å². The molecule has 1 saturated heterocycles. The third-order valence-electron chi connectivity index (χ3n) is 3.88. The van der Waals surface area contributed by atoms with E-state index in [0.29, 0.717) is 6.54 Å². The van der Waals surface area contributed by atoms with Gasteiger partial charge in [0.1, 0.15) is 0 Å². The van der Waals surface area contributed by atoms with Crippen molar-refractivity contribution in [3.63, 3.8) is 0 Å². The molecule has 1 aliphatic heterocycles. The SMILES string of the molecule is NCC(c1ccc(F)c(F)c1)N1CCCCCCC1. The minimum Gasteiger partial charge on any atom is -0.329 e. The lowest BCUT2D eigenvalue weighted by Gasteiger charge is -2.32. The molecule has 2 nitrogen and oxygen atoms in total. The zero-order valence-electron chi connectivity index (χ0n) is 11.2. The minimum absolute atomic E-state index is 0.00630. The molecule has 0 radical (unpaired) electrons. The first-order valence-electron chi connectivity index (χ1n) is 7.11. The highest BCUT2D eigenvalue weighted by Crippen LogP contribution is 2.24. The molecule has 0 aliphatic carbocycles. The van der Waals surface area contributed by atoms with Gasteiger partial charge in [0.15, 0.2) is 11.6 Å². The van der Waals surface area contributed by atoms with E-state index in [2.05, 4.69) is 4.90 Å². The third-order valence-corrected chi connectivity index (χ3v) is 3.88.